The molecule has 0 aliphatic rings. The van der Waals surface area contributed by atoms with Gasteiger partial charge in [0.1, 0.15) is 0 Å². The molecule has 0 aromatic heterocycles. The predicted octanol–water partition coefficient (Wildman–Crippen LogP) is 5.50. The second-order valence-corrected chi connectivity index (χ2v) is 7.12. The normalized spacial score (nSPS) is 11.1. The minimum Gasteiger partial charge on any atom is -0.348 e. The molecule has 7 heteroatoms. The first-order chi connectivity index (χ1) is 14.7. The first-order valence-corrected chi connectivity index (χ1v) is 9.58. The zero-order valence-corrected chi connectivity index (χ0v) is 17.0. The maximum atomic E-state index is 13.2. The van der Waals surface area contributed by atoms with Crippen LogP contribution in [0.2, 0.25) is 0 Å². The first-order valence-electron chi connectivity index (χ1n) is 9.58. The van der Waals surface area contributed by atoms with Crippen LogP contribution in [0.3, 0.4) is 0 Å². The maximum Gasteiger partial charge on any atom is 0.417 e. The average molecular weight is 426 g/mol. The number of anilines is 1. The predicted molar refractivity (Wildman–Crippen MR) is 113 cm³/mol. The van der Waals surface area contributed by atoms with Gasteiger partial charge in [0, 0.05) is 17.8 Å². The molecule has 0 unspecified atom stereocenters. The molecule has 0 aliphatic carbocycles. The van der Waals surface area contributed by atoms with Crippen LogP contribution in [-0.2, 0) is 12.7 Å². The van der Waals surface area contributed by atoms with Gasteiger partial charge in [0.2, 0.25) is 0 Å². The van der Waals surface area contributed by atoms with E-state index in [2.05, 4.69) is 10.6 Å². The molecule has 0 fully saturated rings. The van der Waals surface area contributed by atoms with Gasteiger partial charge in [-0.1, -0.05) is 36.4 Å². The van der Waals surface area contributed by atoms with Crippen LogP contribution in [0.4, 0.5) is 18.9 Å². The van der Waals surface area contributed by atoms with E-state index in [4.69, 9.17) is 0 Å². The Balaban J connectivity index is 1.73. The van der Waals surface area contributed by atoms with Crippen LogP contribution in [0, 0.1) is 13.8 Å². The van der Waals surface area contributed by atoms with Crippen LogP contribution in [0.15, 0.2) is 66.7 Å². The van der Waals surface area contributed by atoms with Crippen molar-refractivity contribution in [3.63, 3.8) is 0 Å². The third kappa shape index (κ3) is 5.31. The number of alkyl halides is 3. The lowest BCUT2D eigenvalue weighted by Gasteiger charge is -2.13. The van der Waals surface area contributed by atoms with Crippen molar-refractivity contribution in [2.45, 2.75) is 26.6 Å². The van der Waals surface area contributed by atoms with Gasteiger partial charge >= 0.3 is 6.18 Å². The molecule has 0 bridgehead atoms. The Kier molecular flexibility index (Phi) is 6.44. The molecule has 2 N–H and O–H groups in total. The van der Waals surface area contributed by atoms with Crippen molar-refractivity contribution in [2.75, 3.05) is 5.32 Å². The standard InChI is InChI=1S/C24H21F3N2O2/c1-15-7-5-9-18(16(15)2)14-28-22(30)17-8-6-10-19(13-17)29-23(31)20-11-3-4-12-21(20)24(25,26)27/h3-13H,14H2,1-2H3,(H,28,30)(H,29,31). The SMILES string of the molecule is Cc1cccc(CNC(=O)c2cccc(NC(=O)c3ccccc3C(F)(F)F)c2)c1C. The third-order valence-electron chi connectivity index (χ3n) is 5.02. The summed E-state index contributed by atoms with van der Waals surface area (Å²) in [6, 6.07) is 16.4. The largest absolute Gasteiger partial charge is 0.417 e. The highest BCUT2D eigenvalue weighted by molar-refractivity contribution is 6.06. The summed E-state index contributed by atoms with van der Waals surface area (Å²) in [7, 11) is 0. The van der Waals surface area contributed by atoms with Gasteiger partial charge in [-0.2, -0.15) is 13.2 Å². The molecule has 3 rings (SSSR count). The van der Waals surface area contributed by atoms with Crippen LogP contribution in [0.1, 0.15) is 43.0 Å². The average Bonchev–Trinajstić information content (AvgIpc) is 2.74. The molecule has 4 nitrogen and oxygen atoms in total. The number of nitrogens with one attached hydrogen (secondary N) is 2. The van der Waals surface area contributed by atoms with E-state index in [-0.39, 0.29) is 17.2 Å². The van der Waals surface area contributed by atoms with E-state index in [9.17, 15) is 22.8 Å². The molecule has 0 heterocycles. The van der Waals surface area contributed by atoms with Crippen molar-refractivity contribution >= 4 is 17.5 Å². The monoisotopic (exact) mass is 426 g/mol. The number of amides is 2. The van der Waals surface area contributed by atoms with E-state index >= 15 is 0 Å². The summed E-state index contributed by atoms with van der Waals surface area (Å²) in [5.74, 6) is -1.26. The summed E-state index contributed by atoms with van der Waals surface area (Å²) in [5.41, 5.74) is 2.20. The van der Waals surface area contributed by atoms with Gasteiger partial charge in [-0.3, -0.25) is 9.59 Å². The van der Waals surface area contributed by atoms with Crippen molar-refractivity contribution in [3.8, 4) is 0 Å². The Morgan fingerprint density at radius 2 is 1.58 bits per heavy atom. The molecule has 31 heavy (non-hydrogen) atoms. The Bertz CT molecular complexity index is 1120. The number of rotatable bonds is 5. The van der Waals surface area contributed by atoms with Crippen LogP contribution in [0.5, 0.6) is 0 Å². The fraction of sp³-hybridized carbons (Fsp3) is 0.167. The van der Waals surface area contributed by atoms with Crippen LogP contribution < -0.4 is 10.6 Å². The summed E-state index contributed by atoms with van der Waals surface area (Å²) in [6.45, 7) is 4.30. The summed E-state index contributed by atoms with van der Waals surface area (Å²) >= 11 is 0. The zero-order chi connectivity index (χ0) is 22.6. The number of hydrogen-bond donors (Lipinski definition) is 2. The summed E-state index contributed by atoms with van der Waals surface area (Å²) in [5, 5.41) is 5.26. The van der Waals surface area contributed by atoms with E-state index < -0.39 is 23.2 Å². The highest BCUT2D eigenvalue weighted by atomic mass is 19.4. The first kappa shape index (κ1) is 22.1. The quantitative estimate of drug-likeness (QED) is 0.566. The van der Waals surface area contributed by atoms with Crippen molar-refractivity contribution in [3.05, 3.63) is 100 Å². The van der Waals surface area contributed by atoms with Gasteiger partial charge < -0.3 is 10.6 Å². The zero-order valence-electron chi connectivity index (χ0n) is 17.0. The van der Waals surface area contributed by atoms with E-state index in [0.29, 0.717) is 6.54 Å². The van der Waals surface area contributed by atoms with Gasteiger partial charge in [-0.05, 0) is 60.9 Å². The summed E-state index contributed by atoms with van der Waals surface area (Å²) in [4.78, 5) is 25.0. The van der Waals surface area contributed by atoms with Crippen molar-refractivity contribution in [1.82, 2.24) is 5.32 Å². The number of carbonyl (C=O) groups excluding carboxylic acids is 2. The Morgan fingerprint density at radius 3 is 2.32 bits per heavy atom. The second kappa shape index (κ2) is 9.04. The molecule has 0 spiro atoms. The number of aryl methyl sites for hydroxylation is 1. The number of halogens is 3. The van der Waals surface area contributed by atoms with Gasteiger partial charge in [0.05, 0.1) is 11.1 Å². The molecule has 3 aromatic rings. The number of hydrogen-bond acceptors (Lipinski definition) is 2. The fourth-order valence-corrected chi connectivity index (χ4v) is 3.15. The molecule has 0 saturated heterocycles. The van der Waals surface area contributed by atoms with E-state index in [1.165, 1.54) is 24.3 Å². The number of benzene rings is 3. The van der Waals surface area contributed by atoms with Crippen molar-refractivity contribution in [2.24, 2.45) is 0 Å². The lowest BCUT2D eigenvalue weighted by atomic mass is 10.0. The van der Waals surface area contributed by atoms with E-state index in [1.807, 2.05) is 32.0 Å². The maximum absolute atomic E-state index is 13.2. The molecule has 0 atom stereocenters. The Labute approximate surface area is 178 Å². The van der Waals surface area contributed by atoms with Crippen molar-refractivity contribution in [1.29, 1.82) is 0 Å². The van der Waals surface area contributed by atoms with Crippen LogP contribution in [-0.4, -0.2) is 11.8 Å². The van der Waals surface area contributed by atoms with Gasteiger partial charge in [-0.25, -0.2) is 0 Å². The highest BCUT2D eigenvalue weighted by Crippen LogP contribution is 2.32. The van der Waals surface area contributed by atoms with Gasteiger partial charge in [0.25, 0.3) is 11.8 Å². The molecule has 160 valence electrons. The molecule has 2 amide bonds. The van der Waals surface area contributed by atoms with Crippen LogP contribution in [0.25, 0.3) is 0 Å². The van der Waals surface area contributed by atoms with Crippen LogP contribution >= 0.6 is 0 Å². The fourth-order valence-electron chi connectivity index (χ4n) is 3.15. The minimum absolute atomic E-state index is 0.223. The summed E-state index contributed by atoms with van der Waals surface area (Å²) in [6.07, 6.45) is -4.65. The second-order valence-electron chi connectivity index (χ2n) is 7.12. The lowest BCUT2D eigenvalue weighted by molar-refractivity contribution is -0.137. The molecule has 0 aliphatic heterocycles. The molecular formula is C24H21F3N2O2. The highest BCUT2D eigenvalue weighted by Gasteiger charge is 2.34. The Hall–Kier alpha value is -3.61. The summed E-state index contributed by atoms with van der Waals surface area (Å²) < 4.78 is 39.5. The van der Waals surface area contributed by atoms with E-state index in [0.717, 1.165) is 28.8 Å². The molecular weight excluding hydrogens is 405 g/mol. The Morgan fingerprint density at radius 1 is 0.871 bits per heavy atom. The topological polar surface area (TPSA) is 58.2 Å². The van der Waals surface area contributed by atoms with Crippen molar-refractivity contribution < 1.29 is 22.8 Å². The smallest absolute Gasteiger partial charge is 0.348 e. The van der Waals surface area contributed by atoms with Gasteiger partial charge in [-0.15, -0.1) is 0 Å². The van der Waals surface area contributed by atoms with Gasteiger partial charge in [0.15, 0.2) is 0 Å². The molecule has 0 saturated carbocycles. The third-order valence-corrected chi connectivity index (χ3v) is 5.02. The molecule has 0 radical (unpaired) electrons. The lowest BCUT2D eigenvalue weighted by Crippen LogP contribution is -2.23. The number of carbonyl (C=O) groups is 2. The minimum atomic E-state index is -4.65. The van der Waals surface area contributed by atoms with E-state index in [1.54, 1.807) is 12.1 Å². The molecule has 3 aromatic carbocycles.